The minimum atomic E-state index is 0.816. The Bertz CT molecular complexity index is 669. The molecule has 0 amide bonds. The maximum absolute atomic E-state index is 5.54. The van der Waals surface area contributed by atoms with Crippen LogP contribution in [-0.4, -0.2) is 16.5 Å². The summed E-state index contributed by atoms with van der Waals surface area (Å²) in [5.41, 5.74) is 2.99. The molecule has 0 spiro atoms. The lowest BCUT2D eigenvalue weighted by Crippen LogP contribution is -2.13. The number of fused-ring (bicyclic) bond motifs is 1. The number of benzene rings is 1. The van der Waals surface area contributed by atoms with Gasteiger partial charge in [-0.25, -0.2) is 4.98 Å². The molecule has 0 radical (unpaired) electrons. The molecule has 2 aromatic heterocycles. The number of nitrogens with one attached hydrogen (secondary N) is 2. The number of furan rings is 1. The van der Waals surface area contributed by atoms with Crippen LogP contribution in [-0.2, 0) is 6.54 Å². The highest BCUT2D eigenvalue weighted by Crippen LogP contribution is 2.28. The zero-order valence-electron chi connectivity index (χ0n) is 10.9. The van der Waals surface area contributed by atoms with E-state index in [2.05, 4.69) is 22.2 Å². The van der Waals surface area contributed by atoms with Crippen LogP contribution in [0, 0.1) is 0 Å². The summed E-state index contributed by atoms with van der Waals surface area (Å²) in [6.07, 6.45) is 4.76. The van der Waals surface area contributed by atoms with E-state index in [4.69, 9.17) is 4.42 Å². The van der Waals surface area contributed by atoms with Crippen molar-refractivity contribution in [3.05, 3.63) is 42.4 Å². The molecule has 0 aliphatic rings. The summed E-state index contributed by atoms with van der Waals surface area (Å²) in [4.78, 5) is 7.76. The van der Waals surface area contributed by atoms with E-state index in [0.29, 0.717) is 0 Å². The Balaban J connectivity index is 1.86. The molecule has 4 nitrogen and oxygen atoms in total. The van der Waals surface area contributed by atoms with Gasteiger partial charge in [0.2, 0.25) is 0 Å². The number of hydrogen-bond acceptors (Lipinski definition) is 3. The molecule has 0 aliphatic carbocycles. The topological polar surface area (TPSA) is 53.9 Å². The normalized spacial score (nSPS) is 11.2. The lowest BCUT2D eigenvalue weighted by Gasteiger charge is -1.99. The summed E-state index contributed by atoms with van der Waals surface area (Å²) in [7, 11) is 0. The summed E-state index contributed by atoms with van der Waals surface area (Å²) in [6.45, 7) is 3.99. The molecule has 2 heterocycles. The van der Waals surface area contributed by atoms with E-state index in [1.54, 1.807) is 6.26 Å². The second kappa shape index (κ2) is 5.28. The molecule has 0 saturated carbocycles. The summed E-state index contributed by atoms with van der Waals surface area (Å²) >= 11 is 0. The van der Waals surface area contributed by atoms with Gasteiger partial charge in [0.15, 0.2) is 0 Å². The van der Waals surface area contributed by atoms with E-state index in [1.807, 2.05) is 30.5 Å². The Morgan fingerprint density at radius 1 is 1.32 bits per heavy atom. The molecule has 3 aromatic rings. The minimum absolute atomic E-state index is 0.816. The van der Waals surface area contributed by atoms with Gasteiger partial charge in [-0.05, 0) is 19.0 Å². The van der Waals surface area contributed by atoms with E-state index in [1.165, 1.54) is 0 Å². The molecular weight excluding hydrogens is 238 g/mol. The first kappa shape index (κ1) is 12.0. The summed E-state index contributed by atoms with van der Waals surface area (Å²) in [5.74, 6) is 0.859. The van der Waals surface area contributed by atoms with Crippen LogP contribution in [0.15, 0.2) is 41.1 Å². The van der Waals surface area contributed by atoms with E-state index >= 15 is 0 Å². The van der Waals surface area contributed by atoms with Gasteiger partial charge in [0, 0.05) is 23.8 Å². The van der Waals surface area contributed by atoms with Crippen LogP contribution in [0.25, 0.3) is 22.4 Å². The Morgan fingerprint density at radius 2 is 2.21 bits per heavy atom. The molecule has 2 N–H and O–H groups in total. The lowest BCUT2D eigenvalue weighted by atomic mass is 10.2. The van der Waals surface area contributed by atoms with Crippen molar-refractivity contribution in [1.82, 2.24) is 15.3 Å². The molecule has 1 aromatic carbocycles. The van der Waals surface area contributed by atoms with Crippen molar-refractivity contribution in [2.45, 2.75) is 19.9 Å². The highest BCUT2D eigenvalue weighted by atomic mass is 16.3. The van der Waals surface area contributed by atoms with Crippen molar-refractivity contribution in [1.29, 1.82) is 0 Å². The number of imidazole rings is 1. The molecule has 0 bridgehead atoms. The number of para-hydroxylation sites is 1. The van der Waals surface area contributed by atoms with Gasteiger partial charge in [0.1, 0.15) is 17.7 Å². The molecule has 0 fully saturated rings. The second-order valence-electron chi connectivity index (χ2n) is 4.58. The summed E-state index contributed by atoms with van der Waals surface area (Å²) in [5, 5.41) is 4.44. The van der Waals surface area contributed by atoms with E-state index in [9.17, 15) is 0 Å². The third-order valence-corrected chi connectivity index (χ3v) is 3.11. The van der Waals surface area contributed by atoms with Crippen molar-refractivity contribution < 1.29 is 4.42 Å². The Hall–Kier alpha value is -2.07. The number of nitrogens with zero attached hydrogens (tertiary/aromatic N) is 1. The average molecular weight is 255 g/mol. The first-order valence-electron chi connectivity index (χ1n) is 6.59. The first-order chi connectivity index (χ1) is 9.38. The quantitative estimate of drug-likeness (QED) is 0.688. The maximum atomic E-state index is 5.54. The zero-order valence-corrected chi connectivity index (χ0v) is 10.9. The highest BCUT2D eigenvalue weighted by Gasteiger charge is 2.10. The molecule has 0 unspecified atom stereocenters. The van der Waals surface area contributed by atoms with Crippen LogP contribution in [0.2, 0.25) is 0 Å². The standard InChI is InChI=1S/C15H17N3O/c1-2-7-16-8-11-9-17-15(18-11)13-10-19-14-6-4-3-5-12(13)14/h3-6,9-10,16H,2,7-8H2,1H3,(H,17,18). The van der Waals surface area contributed by atoms with Gasteiger partial charge in [-0.15, -0.1) is 0 Å². The molecule has 3 rings (SSSR count). The summed E-state index contributed by atoms with van der Waals surface area (Å²) < 4.78 is 5.54. The predicted molar refractivity (Wildman–Crippen MR) is 75.8 cm³/mol. The predicted octanol–water partition coefficient (Wildman–Crippen LogP) is 3.32. The number of hydrogen-bond donors (Lipinski definition) is 2. The molecule has 19 heavy (non-hydrogen) atoms. The smallest absolute Gasteiger partial charge is 0.141 e. The van der Waals surface area contributed by atoms with Gasteiger partial charge in [-0.2, -0.15) is 0 Å². The fraction of sp³-hybridized carbons (Fsp3) is 0.267. The van der Waals surface area contributed by atoms with Gasteiger partial charge in [-0.3, -0.25) is 0 Å². The van der Waals surface area contributed by atoms with Crippen molar-refractivity contribution in [2.24, 2.45) is 0 Å². The van der Waals surface area contributed by atoms with Gasteiger partial charge in [0.05, 0.1) is 5.56 Å². The van der Waals surface area contributed by atoms with Crippen LogP contribution in [0.5, 0.6) is 0 Å². The van der Waals surface area contributed by atoms with Crippen molar-refractivity contribution in [3.8, 4) is 11.4 Å². The largest absolute Gasteiger partial charge is 0.464 e. The molecule has 4 heteroatoms. The number of aromatic nitrogens is 2. The van der Waals surface area contributed by atoms with Crippen molar-refractivity contribution >= 4 is 11.0 Å². The van der Waals surface area contributed by atoms with Gasteiger partial charge < -0.3 is 14.7 Å². The van der Waals surface area contributed by atoms with Crippen LogP contribution >= 0.6 is 0 Å². The number of rotatable bonds is 5. The Kier molecular flexibility index (Phi) is 3.33. The first-order valence-corrected chi connectivity index (χ1v) is 6.59. The van der Waals surface area contributed by atoms with E-state index in [-0.39, 0.29) is 0 Å². The summed E-state index contributed by atoms with van der Waals surface area (Å²) in [6, 6.07) is 7.99. The third kappa shape index (κ3) is 2.39. The number of H-pyrrole nitrogens is 1. The monoisotopic (exact) mass is 255 g/mol. The van der Waals surface area contributed by atoms with Crippen LogP contribution in [0.3, 0.4) is 0 Å². The Labute approximate surface area is 111 Å². The highest BCUT2D eigenvalue weighted by molar-refractivity contribution is 5.91. The average Bonchev–Trinajstić information content (AvgIpc) is 3.05. The van der Waals surface area contributed by atoms with Gasteiger partial charge in [0.25, 0.3) is 0 Å². The lowest BCUT2D eigenvalue weighted by molar-refractivity contribution is 0.616. The van der Waals surface area contributed by atoms with Crippen LogP contribution < -0.4 is 5.32 Å². The van der Waals surface area contributed by atoms with Gasteiger partial charge >= 0.3 is 0 Å². The van der Waals surface area contributed by atoms with E-state index in [0.717, 1.165) is 47.6 Å². The van der Waals surface area contributed by atoms with Crippen molar-refractivity contribution in [3.63, 3.8) is 0 Å². The van der Waals surface area contributed by atoms with Crippen molar-refractivity contribution in [2.75, 3.05) is 6.54 Å². The zero-order chi connectivity index (χ0) is 13.1. The Morgan fingerprint density at radius 3 is 3.11 bits per heavy atom. The SMILES string of the molecule is CCCNCc1cnc(-c2coc3ccccc23)[nH]1. The molecule has 0 saturated heterocycles. The van der Waals surface area contributed by atoms with E-state index < -0.39 is 0 Å². The maximum Gasteiger partial charge on any atom is 0.141 e. The van der Waals surface area contributed by atoms with Crippen LogP contribution in [0.4, 0.5) is 0 Å². The molecule has 0 aliphatic heterocycles. The fourth-order valence-corrected chi connectivity index (χ4v) is 2.15. The fourth-order valence-electron chi connectivity index (χ4n) is 2.15. The van der Waals surface area contributed by atoms with Crippen LogP contribution in [0.1, 0.15) is 19.0 Å². The molecule has 0 atom stereocenters. The van der Waals surface area contributed by atoms with Gasteiger partial charge in [-0.1, -0.05) is 25.1 Å². The number of aromatic amines is 1. The third-order valence-electron chi connectivity index (χ3n) is 3.11. The minimum Gasteiger partial charge on any atom is -0.464 e. The molecule has 98 valence electrons. The second-order valence-corrected chi connectivity index (χ2v) is 4.58. The molecular formula is C15H17N3O.